The zero-order chi connectivity index (χ0) is 13.5. The fourth-order valence-corrected chi connectivity index (χ4v) is 1.36. The Morgan fingerprint density at radius 2 is 1.78 bits per heavy atom. The SMILES string of the molecule is CCC(=O)Nc1ccc(C(=O)NC(C)CC)cc1. The van der Waals surface area contributed by atoms with E-state index in [2.05, 4.69) is 10.6 Å². The van der Waals surface area contributed by atoms with E-state index in [4.69, 9.17) is 0 Å². The molecule has 2 N–H and O–H groups in total. The van der Waals surface area contributed by atoms with E-state index in [1.807, 2.05) is 13.8 Å². The average molecular weight is 248 g/mol. The molecule has 0 spiro atoms. The first kappa shape index (κ1) is 14.2. The van der Waals surface area contributed by atoms with Crippen LogP contribution in [0.15, 0.2) is 24.3 Å². The lowest BCUT2D eigenvalue weighted by molar-refractivity contribution is -0.115. The average Bonchev–Trinajstić information content (AvgIpc) is 2.39. The van der Waals surface area contributed by atoms with Crippen LogP contribution in [0.5, 0.6) is 0 Å². The Bertz CT molecular complexity index is 412. The molecule has 0 aliphatic heterocycles. The molecule has 0 aliphatic carbocycles. The molecule has 4 nitrogen and oxygen atoms in total. The molecule has 1 aromatic rings. The summed E-state index contributed by atoms with van der Waals surface area (Å²) in [6, 6.07) is 7.06. The first-order valence-electron chi connectivity index (χ1n) is 6.27. The molecule has 98 valence electrons. The van der Waals surface area contributed by atoms with Crippen LogP contribution in [0, 0.1) is 0 Å². The van der Waals surface area contributed by atoms with Crippen LogP contribution in [0.3, 0.4) is 0 Å². The number of nitrogens with one attached hydrogen (secondary N) is 2. The first-order chi connectivity index (χ1) is 8.56. The molecule has 0 aliphatic rings. The molecule has 1 rings (SSSR count). The summed E-state index contributed by atoms with van der Waals surface area (Å²) in [5.41, 5.74) is 1.31. The van der Waals surface area contributed by atoms with Crippen LogP contribution in [-0.4, -0.2) is 17.9 Å². The predicted molar refractivity (Wildman–Crippen MR) is 72.6 cm³/mol. The van der Waals surface area contributed by atoms with Crippen molar-refractivity contribution in [3.63, 3.8) is 0 Å². The minimum atomic E-state index is -0.0854. The van der Waals surface area contributed by atoms with Gasteiger partial charge in [-0.25, -0.2) is 0 Å². The molecule has 0 saturated carbocycles. The Labute approximate surface area is 108 Å². The van der Waals surface area contributed by atoms with Crippen LogP contribution < -0.4 is 10.6 Å². The molecular weight excluding hydrogens is 228 g/mol. The van der Waals surface area contributed by atoms with Crippen LogP contribution >= 0.6 is 0 Å². The smallest absolute Gasteiger partial charge is 0.251 e. The topological polar surface area (TPSA) is 58.2 Å². The molecule has 1 unspecified atom stereocenters. The Morgan fingerprint density at radius 3 is 2.28 bits per heavy atom. The molecule has 1 aromatic carbocycles. The molecule has 0 heterocycles. The highest BCUT2D eigenvalue weighted by molar-refractivity contribution is 5.95. The van der Waals surface area contributed by atoms with Crippen LogP contribution in [0.1, 0.15) is 44.0 Å². The predicted octanol–water partition coefficient (Wildman–Crippen LogP) is 2.56. The molecule has 0 fully saturated rings. The lowest BCUT2D eigenvalue weighted by atomic mass is 10.1. The van der Waals surface area contributed by atoms with E-state index in [0.717, 1.165) is 6.42 Å². The van der Waals surface area contributed by atoms with Gasteiger partial charge in [0.1, 0.15) is 0 Å². The van der Waals surface area contributed by atoms with E-state index < -0.39 is 0 Å². The van der Waals surface area contributed by atoms with Gasteiger partial charge in [0, 0.05) is 23.7 Å². The van der Waals surface area contributed by atoms with Gasteiger partial charge in [0.2, 0.25) is 5.91 Å². The highest BCUT2D eigenvalue weighted by Gasteiger charge is 2.08. The maximum absolute atomic E-state index is 11.8. The van der Waals surface area contributed by atoms with E-state index >= 15 is 0 Å². The normalized spacial score (nSPS) is 11.7. The zero-order valence-corrected chi connectivity index (χ0v) is 11.1. The largest absolute Gasteiger partial charge is 0.350 e. The standard InChI is InChI=1S/C14H20N2O2/c1-4-10(3)15-14(18)11-6-8-12(9-7-11)16-13(17)5-2/h6-10H,4-5H2,1-3H3,(H,15,18)(H,16,17). The second-order valence-electron chi connectivity index (χ2n) is 4.26. The molecule has 1 atom stereocenters. The molecule has 0 aromatic heterocycles. The van der Waals surface area contributed by atoms with Crippen molar-refractivity contribution in [2.24, 2.45) is 0 Å². The van der Waals surface area contributed by atoms with Crippen molar-refractivity contribution in [3.05, 3.63) is 29.8 Å². The molecule has 2 amide bonds. The molecule has 0 saturated heterocycles. The number of carbonyl (C=O) groups excluding carboxylic acids is 2. The van der Waals surface area contributed by atoms with Gasteiger partial charge in [0.25, 0.3) is 5.91 Å². The van der Waals surface area contributed by atoms with Crippen LogP contribution in [0.25, 0.3) is 0 Å². The number of amides is 2. The maximum Gasteiger partial charge on any atom is 0.251 e. The van der Waals surface area contributed by atoms with Gasteiger partial charge in [0.15, 0.2) is 0 Å². The molecular formula is C14H20N2O2. The highest BCUT2D eigenvalue weighted by Crippen LogP contribution is 2.10. The van der Waals surface area contributed by atoms with Crippen LogP contribution in [-0.2, 0) is 4.79 Å². The van der Waals surface area contributed by atoms with Crippen LogP contribution in [0.4, 0.5) is 5.69 Å². The van der Waals surface area contributed by atoms with Crippen molar-refractivity contribution in [2.45, 2.75) is 39.7 Å². The number of carbonyl (C=O) groups is 2. The first-order valence-corrected chi connectivity index (χ1v) is 6.27. The quantitative estimate of drug-likeness (QED) is 0.841. The number of rotatable bonds is 5. The fourth-order valence-electron chi connectivity index (χ4n) is 1.36. The fraction of sp³-hybridized carbons (Fsp3) is 0.429. The zero-order valence-electron chi connectivity index (χ0n) is 11.1. The van der Waals surface area contributed by atoms with E-state index in [-0.39, 0.29) is 17.9 Å². The Morgan fingerprint density at radius 1 is 1.17 bits per heavy atom. The van der Waals surface area contributed by atoms with Crippen molar-refractivity contribution < 1.29 is 9.59 Å². The summed E-state index contributed by atoms with van der Waals surface area (Å²) in [7, 11) is 0. The van der Waals surface area contributed by atoms with Crippen molar-refractivity contribution >= 4 is 17.5 Å². The van der Waals surface area contributed by atoms with Gasteiger partial charge < -0.3 is 10.6 Å². The number of benzene rings is 1. The summed E-state index contributed by atoms with van der Waals surface area (Å²) in [5.74, 6) is -0.121. The van der Waals surface area contributed by atoms with E-state index in [0.29, 0.717) is 17.7 Å². The molecule has 4 heteroatoms. The van der Waals surface area contributed by atoms with Gasteiger partial charge in [-0.2, -0.15) is 0 Å². The van der Waals surface area contributed by atoms with Gasteiger partial charge >= 0.3 is 0 Å². The van der Waals surface area contributed by atoms with E-state index in [1.54, 1.807) is 31.2 Å². The van der Waals surface area contributed by atoms with Crippen molar-refractivity contribution in [3.8, 4) is 0 Å². The Balaban J connectivity index is 2.65. The van der Waals surface area contributed by atoms with Crippen molar-refractivity contribution in [1.29, 1.82) is 0 Å². The van der Waals surface area contributed by atoms with Gasteiger partial charge in [-0.1, -0.05) is 13.8 Å². The summed E-state index contributed by atoms with van der Waals surface area (Å²) < 4.78 is 0. The second kappa shape index (κ2) is 6.79. The third-order valence-electron chi connectivity index (χ3n) is 2.74. The molecule has 0 radical (unpaired) electrons. The lowest BCUT2D eigenvalue weighted by Crippen LogP contribution is -2.31. The highest BCUT2D eigenvalue weighted by atomic mass is 16.2. The minimum Gasteiger partial charge on any atom is -0.350 e. The Hall–Kier alpha value is -1.84. The Kier molecular flexibility index (Phi) is 5.36. The van der Waals surface area contributed by atoms with Crippen LogP contribution in [0.2, 0.25) is 0 Å². The molecule has 18 heavy (non-hydrogen) atoms. The summed E-state index contributed by atoms with van der Waals surface area (Å²) in [6.07, 6.45) is 1.34. The van der Waals surface area contributed by atoms with Gasteiger partial charge in [-0.3, -0.25) is 9.59 Å². The van der Waals surface area contributed by atoms with Crippen molar-refractivity contribution in [1.82, 2.24) is 5.32 Å². The van der Waals surface area contributed by atoms with E-state index in [1.165, 1.54) is 0 Å². The summed E-state index contributed by atoms with van der Waals surface area (Å²) in [6.45, 7) is 5.78. The van der Waals surface area contributed by atoms with E-state index in [9.17, 15) is 9.59 Å². The van der Waals surface area contributed by atoms with Gasteiger partial charge in [-0.05, 0) is 37.6 Å². The number of hydrogen-bond donors (Lipinski definition) is 2. The van der Waals surface area contributed by atoms with Gasteiger partial charge in [-0.15, -0.1) is 0 Å². The third-order valence-corrected chi connectivity index (χ3v) is 2.74. The second-order valence-corrected chi connectivity index (χ2v) is 4.26. The van der Waals surface area contributed by atoms with Gasteiger partial charge in [0.05, 0.1) is 0 Å². The maximum atomic E-state index is 11.8. The number of hydrogen-bond acceptors (Lipinski definition) is 2. The monoisotopic (exact) mass is 248 g/mol. The van der Waals surface area contributed by atoms with Crippen molar-refractivity contribution in [2.75, 3.05) is 5.32 Å². The summed E-state index contributed by atoms with van der Waals surface area (Å²) >= 11 is 0. The summed E-state index contributed by atoms with van der Waals surface area (Å²) in [5, 5.41) is 5.63. The molecule has 0 bridgehead atoms. The number of anilines is 1. The minimum absolute atomic E-state index is 0.0354. The third kappa shape index (κ3) is 4.20. The lowest BCUT2D eigenvalue weighted by Gasteiger charge is -2.11. The summed E-state index contributed by atoms with van der Waals surface area (Å²) in [4.78, 5) is 23.0.